The van der Waals surface area contributed by atoms with Gasteiger partial charge in [-0.3, -0.25) is 14.4 Å². The summed E-state index contributed by atoms with van der Waals surface area (Å²) >= 11 is 0. The Hall–Kier alpha value is -2.37. The summed E-state index contributed by atoms with van der Waals surface area (Å²) in [6.45, 7) is 9.73. The van der Waals surface area contributed by atoms with Crippen molar-refractivity contribution in [2.75, 3.05) is 18.4 Å². The average Bonchev–Trinajstić information content (AvgIpc) is 2.66. The fourth-order valence-corrected chi connectivity index (χ4v) is 2.93. The van der Waals surface area contributed by atoms with Crippen LogP contribution in [0.25, 0.3) is 0 Å². The van der Waals surface area contributed by atoms with Crippen LogP contribution in [0.1, 0.15) is 58.9 Å². The zero-order chi connectivity index (χ0) is 21.1. The molecule has 3 amide bonds. The zero-order valence-corrected chi connectivity index (χ0v) is 17.9. The molecule has 0 saturated carbocycles. The van der Waals surface area contributed by atoms with Crippen LogP contribution in [0.5, 0.6) is 0 Å². The van der Waals surface area contributed by atoms with Crippen molar-refractivity contribution in [3.63, 3.8) is 0 Å². The number of nitrogens with zero attached hydrogens (tertiary/aromatic N) is 1. The fraction of sp³-hybridized carbons (Fsp3) is 0.591. The number of nitrogens with one attached hydrogen (secondary N) is 2. The maximum Gasteiger partial charge on any atom is 0.243 e. The van der Waals surface area contributed by atoms with Crippen molar-refractivity contribution >= 4 is 23.4 Å². The Labute approximate surface area is 169 Å². The molecule has 1 aromatic rings. The topological polar surface area (TPSA) is 78.5 Å². The lowest BCUT2D eigenvalue weighted by molar-refractivity contribution is -0.141. The Bertz CT molecular complexity index is 641. The Kier molecular flexibility index (Phi) is 10.3. The molecule has 1 aromatic carbocycles. The van der Waals surface area contributed by atoms with E-state index in [1.54, 1.807) is 4.90 Å². The normalized spacial score (nSPS) is 11.8. The second-order valence-corrected chi connectivity index (χ2v) is 7.50. The molecule has 0 aliphatic heterocycles. The van der Waals surface area contributed by atoms with Crippen molar-refractivity contribution in [3.8, 4) is 0 Å². The molecule has 0 aromatic heterocycles. The molecule has 0 aliphatic carbocycles. The van der Waals surface area contributed by atoms with E-state index in [-0.39, 0.29) is 42.8 Å². The Balaban J connectivity index is 2.55. The van der Waals surface area contributed by atoms with Gasteiger partial charge in [0, 0.05) is 17.6 Å². The first-order valence-corrected chi connectivity index (χ1v) is 10.2. The highest BCUT2D eigenvalue weighted by molar-refractivity contribution is 5.95. The number of carbonyl (C=O) groups is 3. The summed E-state index contributed by atoms with van der Waals surface area (Å²) in [5.41, 5.74) is 1.79. The SMILES string of the molecule is CCCC[C@@H](CC)C(=O)N(CC(=O)NCC(=O)Nc1ccc(C)cc1)C(C)C. The number of unbranched alkanes of at least 4 members (excludes halogenated alkanes) is 1. The molecule has 0 heterocycles. The molecule has 0 radical (unpaired) electrons. The van der Waals surface area contributed by atoms with Crippen LogP contribution in [-0.2, 0) is 14.4 Å². The van der Waals surface area contributed by atoms with Gasteiger partial charge < -0.3 is 15.5 Å². The van der Waals surface area contributed by atoms with Crippen molar-refractivity contribution in [1.29, 1.82) is 0 Å². The number of hydrogen-bond donors (Lipinski definition) is 2. The van der Waals surface area contributed by atoms with Gasteiger partial charge in [0.25, 0.3) is 0 Å². The smallest absolute Gasteiger partial charge is 0.243 e. The first kappa shape index (κ1) is 23.7. The highest BCUT2D eigenvalue weighted by Crippen LogP contribution is 2.17. The van der Waals surface area contributed by atoms with Crippen molar-refractivity contribution in [2.45, 2.75) is 66.3 Å². The van der Waals surface area contributed by atoms with Crippen LogP contribution >= 0.6 is 0 Å². The number of carbonyl (C=O) groups excluding carboxylic acids is 3. The molecule has 28 heavy (non-hydrogen) atoms. The number of amides is 3. The molecule has 1 atom stereocenters. The molecule has 0 spiro atoms. The molecule has 2 N–H and O–H groups in total. The van der Waals surface area contributed by atoms with Crippen LogP contribution in [0, 0.1) is 12.8 Å². The Morgan fingerprint density at radius 2 is 1.68 bits per heavy atom. The van der Waals surface area contributed by atoms with Crippen LogP contribution in [0.15, 0.2) is 24.3 Å². The summed E-state index contributed by atoms with van der Waals surface area (Å²) in [4.78, 5) is 38.8. The quantitative estimate of drug-likeness (QED) is 0.608. The fourth-order valence-electron chi connectivity index (χ4n) is 2.93. The second-order valence-electron chi connectivity index (χ2n) is 7.50. The number of benzene rings is 1. The maximum absolute atomic E-state index is 12.8. The molecule has 0 aliphatic rings. The highest BCUT2D eigenvalue weighted by atomic mass is 16.2. The van der Waals surface area contributed by atoms with Gasteiger partial charge in [0.05, 0.1) is 13.1 Å². The van der Waals surface area contributed by atoms with Gasteiger partial charge in [-0.2, -0.15) is 0 Å². The van der Waals surface area contributed by atoms with E-state index in [0.717, 1.165) is 31.2 Å². The van der Waals surface area contributed by atoms with Crippen molar-refractivity contribution in [1.82, 2.24) is 10.2 Å². The zero-order valence-electron chi connectivity index (χ0n) is 17.9. The minimum atomic E-state index is -0.327. The summed E-state index contributed by atoms with van der Waals surface area (Å²) in [6.07, 6.45) is 3.65. The van der Waals surface area contributed by atoms with Crippen LogP contribution < -0.4 is 10.6 Å². The lowest BCUT2D eigenvalue weighted by Gasteiger charge is -2.30. The van der Waals surface area contributed by atoms with Gasteiger partial charge in [-0.1, -0.05) is 44.4 Å². The number of hydrogen-bond acceptors (Lipinski definition) is 3. The summed E-state index contributed by atoms with van der Waals surface area (Å²) in [5.74, 6) is -0.661. The molecule has 0 bridgehead atoms. The molecule has 156 valence electrons. The van der Waals surface area contributed by atoms with E-state index >= 15 is 0 Å². The lowest BCUT2D eigenvalue weighted by Crippen LogP contribution is -2.47. The van der Waals surface area contributed by atoms with Crippen LogP contribution in [0.4, 0.5) is 5.69 Å². The van der Waals surface area contributed by atoms with E-state index in [9.17, 15) is 14.4 Å². The summed E-state index contributed by atoms with van der Waals surface area (Å²) < 4.78 is 0. The monoisotopic (exact) mass is 389 g/mol. The molecule has 6 heteroatoms. The molecule has 0 fully saturated rings. The van der Waals surface area contributed by atoms with E-state index in [0.29, 0.717) is 5.69 Å². The van der Waals surface area contributed by atoms with Gasteiger partial charge in [-0.15, -0.1) is 0 Å². The molecule has 6 nitrogen and oxygen atoms in total. The molecular formula is C22H35N3O3. The van der Waals surface area contributed by atoms with Gasteiger partial charge >= 0.3 is 0 Å². The van der Waals surface area contributed by atoms with Crippen molar-refractivity contribution < 1.29 is 14.4 Å². The number of rotatable bonds is 11. The van der Waals surface area contributed by atoms with Crippen LogP contribution in [0.2, 0.25) is 0 Å². The summed E-state index contributed by atoms with van der Waals surface area (Å²) in [6, 6.07) is 7.37. The predicted molar refractivity (Wildman–Crippen MR) is 113 cm³/mol. The summed E-state index contributed by atoms with van der Waals surface area (Å²) in [5, 5.41) is 5.35. The van der Waals surface area contributed by atoms with Gasteiger partial charge in [0.1, 0.15) is 0 Å². The van der Waals surface area contributed by atoms with E-state index in [1.165, 1.54) is 0 Å². The van der Waals surface area contributed by atoms with Gasteiger partial charge in [-0.25, -0.2) is 0 Å². The van der Waals surface area contributed by atoms with Crippen molar-refractivity contribution in [2.24, 2.45) is 5.92 Å². The van der Waals surface area contributed by atoms with Crippen LogP contribution in [0.3, 0.4) is 0 Å². The highest BCUT2D eigenvalue weighted by Gasteiger charge is 2.26. The summed E-state index contributed by atoms with van der Waals surface area (Å²) in [7, 11) is 0. The largest absolute Gasteiger partial charge is 0.345 e. The first-order valence-electron chi connectivity index (χ1n) is 10.2. The molecular weight excluding hydrogens is 354 g/mol. The minimum absolute atomic E-state index is 0.0187. The van der Waals surface area contributed by atoms with Gasteiger partial charge in [-0.05, 0) is 45.7 Å². The third-order valence-electron chi connectivity index (χ3n) is 4.75. The van der Waals surface area contributed by atoms with Crippen LogP contribution in [-0.4, -0.2) is 41.8 Å². The first-order chi connectivity index (χ1) is 13.3. The van der Waals surface area contributed by atoms with Gasteiger partial charge in [0.2, 0.25) is 17.7 Å². The van der Waals surface area contributed by atoms with Crippen molar-refractivity contribution in [3.05, 3.63) is 29.8 Å². The third kappa shape index (κ3) is 8.11. The molecule has 0 saturated heterocycles. The Morgan fingerprint density at radius 3 is 2.21 bits per heavy atom. The van der Waals surface area contributed by atoms with E-state index in [2.05, 4.69) is 17.6 Å². The maximum atomic E-state index is 12.8. The standard InChI is InChI=1S/C22H35N3O3/c1-6-8-9-18(7-2)22(28)25(16(3)4)15-21(27)23-14-20(26)24-19-12-10-17(5)11-13-19/h10-13,16,18H,6-9,14-15H2,1-5H3,(H,23,27)(H,24,26)/t18-/m1/s1. The van der Waals surface area contributed by atoms with Gasteiger partial charge in [0.15, 0.2) is 0 Å². The average molecular weight is 390 g/mol. The minimum Gasteiger partial charge on any atom is -0.345 e. The number of aryl methyl sites for hydroxylation is 1. The third-order valence-corrected chi connectivity index (χ3v) is 4.75. The Morgan fingerprint density at radius 1 is 1.04 bits per heavy atom. The van der Waals surface area contributed by atoms with E-state index in [4.69, 9.17) is 0 Å². The molecule has 1 rings (SSSR count). The number of anilines is 1. The molecule has 0 unspecified atom stereocenters. The predicted octanol–water partition coefficient (Wildman–Crippen LogP) is 3.50. The van der Waals surface area contributed by atoms with E-state index in [1.807, 2.05) is 52.0 Å². The second kappa shape index (κ2) is 12.2. The van der Waals surface area contributed by atoms with E-state index < -0.39 is 0 Å². The lowest BCUT2D eigenvalue weighted by atomic mass is 9.97.